The van der Waals surface area contributed by atoms with Gasteiger partial charge in [-0.1, -0.05) is 56.2 Å². The van der Waals surface area contributed by atoms with Crippen LogP contribution in [0.3, 0.4) is 0 Å². The minimum atomic E-state index is -1.82. The van der Waals surface area contributed by atoms with Gasteiger partial charge in [0.05, 0.1) is 0 Å². The van der Waals surface area contributed by atoms with Crippen LogP contribution in [0.5, 0.6) is 0 Å². The molecule has 0 bridgehead atoms. The number of piperazine rings is 1. The van der Waals surface area contributed by atoms with Crippen molar-refractivity contribution in [2.24, 2.45) is 5.92 Å². The number of nitrogens with zero attached hydrogens (tertiary/aromatic N) is 2. The van der Waals surface area contributed by atoms with Gasteiger partial charge in [0.25, 0.3) is 5.91 Å². The molecule has 1 aliphatic carbocycles. The number of hydrogen-bond donors (Lipinski definition) is 2. The molecule has 2 atom stereocenters. The van der Waals surface area contributed by atoms with Crippen LogP contribution in [-0.4, -0.2) is 70.1 Å². The van der Waals surface area contributed by atoms with Crippen molar-refractivity contribution < 1.29 is 24.6 Å². The standard InChI is InChI=1S/C22H28N2O.C2H2O4/c1-17-6-4-9-19(16-17)23-12-14-24(15-13-23)22(25)21-11-5-8-18-7-2-3-10-20(18)21;3-1(4)2(5)6/h2-3,5,7-8,10-11,17,19H,4,6,9,12-16H2,1H3;(H,3,4)(H,5,6). The summed E-state index contributed by atoms with van der Waals surface area (Å²) in [6.45, 7) is 6.13. The van der Waals surface area contributed by atoms with E-state index in [1.807, 2.05) is 29.2 Å². The molecular formula is C24H30N2O5. The molecule has 2 aliphatic rings. The van der Waals surface area contributed by atoms with Crippen molar-refractivity contribution in [1.29, 1.82) is 0 Å². The van der Waals surface area contributed by atoms with E-state index in [-0.39, 0.29) is 5.91 Å². The number of fused-ring (bicyclic) bond motifs is 1. The summed E-state index contributed by atoms with van der Waals surface area (Å²) in [5.41, 5.74) is 0.845. The molecule has 2 aromatic rings. The molecule has 1 heterocycles. The zero-order chi connectivity index (χ0) is 22.4. The maximum atomic E-state index is 13.1. The first-order valence-corrected chi connectivity index (χ1v) is 10.8. The van der Waals surface area contributed by atoms with Gasteiger partial charge in [0.2, 0.25) is 0 Å². The highest BCUT2D eigenvalue weighted by Crippen LogP contribution is 2.28. The Morgan fingerprint density at radius 2 is 1.52 bits per heavy atom. The van der Waals surface area contributed by atoms with Crippen molar-refractivity contribution in [3.05, 3.63) is 48.0 Å². The molecular weight excluding hydrogens is 396 g/mol. The van der Waals surface area contributed by atoms with E-state index in [4.69, 9.17) is 19.8 Å². The minimum absolute atomic E-state index is 0.188. The van der Waals surface area contributed by atoms with Gasteiger partial charge in [0.15, 0.2) is 0 Å². The number of rotatable bonds is 2. The lowest BCUT2D eigenvalue weighted by atomic mass is 9.86. The molecule has 0 radical (unpaired) electrons. The number of carbonyl (C=O) groups excluding carboxylic acids is 1. The summed E-state index contributed by atoms with van der Waals surface area (Å²) in [5.74, 6) is -2.60. The van der Waals surface area contributed by atoms with Gasteiger partial charge < -0.3 is 15.1 Å². The van der Waals surface area contributed by atoms with Crippen LogP contribution < -0.4 is 0 Å². The first-order chi connectivity index (χ1) is 14.9. The van der Waals surface area contributed by atoms with Crippen LogP contribution in [0.2, 0.25) is 0 Å². The fourth-order valence-electron chi connectivity index (χ4n) is 4.61. The minimum Gasteiger partial charge on any atom is -0.473 e. The normalized spacial score (nSPS) is 21.8. The van der Waals surface area contributed by atoms with Crippen LogP contribution in [0.15, 0.2) is 42.5 Å². The zero-order valence-corrected chi connectivity index (χ0v) is 17.9. The lowest BCUT2D eigenvalue weighted by Gasteiger charge is -2.42. The zero-order valence-electron chi connectivity index (χ0n) is 17.9. The van der Waals surface area contributed by atoms with Crippen molar-refractivity contribution >= 4 is 28.6 Å². The Balaban J connectivity index is 0.000000401. The Kier molecular flexibility index (Phi) is 7.63. The average Bonchev–Trinajstić information content (AvgIpc) is 2.78. The summed E-state index contributed by atoms with van der Waals surface area (Å²) in [7, 11) is 0. The van der Waals surface area contributed by atoms with Gasteiger partial charge in [-0.3, -0.25) is 9.69 Å². The molecule has 1 aliphatic heterocycles. The number of amides is 1. The van der Waals surface area contributed by atoms with Gasteiger partial charge in [-0.2, -0.15) is 0 Å². The number of benzene rings is 2. The van der Waals surface area contributed by atoms with Gasteiger partial charge >= 0.3 is 11.9 Å². The third-order valence-electron chi connectivity index (χ3n) is 6.23. The summed E-state index contributed by atoms with van der Waals surface area (Å²) in [6, 6.07) is 15.0. The molecule has 4 rings (SSSR count). The SMILES string of the molecule is CC1CCCC(N2CCN(C(=O)c3cccc4ccccc34)CC2)C1.O=C(O)C(=O)O. The topological polar surface area (TPSA) is 98.2 Å². The lowest BCUT2D eigenvalue weighted by Crippen LogP contribution is -2.52. The Morgan fingerprint density at radius 1 is 0.871 bits per heavy atom. The van der Waals surface area contributed by atoms with Crippen LogP contribution >= 0.6 is 0 Å². The molecule has 2 aromatic carbocycles. The molecule has 2 fully saturated rings. The van der Waals surface area contributed by atoms with Crippen molar-refractivity contribution in [3.63, 3.8) is 0 Å². The summed E-state index contributed by atoms with van der Waals surface area (Å²) < 4.78 is 0. The summed E-state index contributed by atoms with van der Waals surface area (Å²) in [6.07, 6.45) is 5.41. The number of carboxylic acids is 2. The van der Waals surface area contributed by atoms with Gasteiger partial charge in [-0.05, 0) is 35.6 Å². The Bertz CT molecular complexity index is 919. The molecule has 7 heteroatoms. The van der Waals surface area contributed by atoms with E-state index >= 15 is 0 Å². The van der Waals surface area contributed by atoms with Crippen molar-refractivity contribution in [2.75, 3.05) is 26.2 Å². The predicted molar refractivity (Wildman–Crippen MR) is 118 cm³/mol. The molecule has 1 amide bonds. The van der Waals surface area contributed by atoms with Crippen LogP contribution in [0.1, 0.15) is 43.0 Å². The van der Waals surface area contributed by atoms with Crippen molar-refractivity contribution in [1.82, 2.24) is 9.80 Å². The quantitative estimate of drug-likeness (QED) is 0.715. The summed E-state index contributed by atoms with van der Waals surface area (Å²) >= 11 is 0. The summed E-state index contributed by atoms with van der Waals surface area (Å²) in [5, 5.41) is 17.0. The number of carboxylic acid groups (broad SMARTS) is 2. The van der Waals surface area contributed by atoms with E-state index in [2.05, 4.69) is 30.0 Å². The third-order valence-corrected chi connectivity index (χ3v) is 6.23. The van der Waals surface area contributed by atoms with Gasteiger partial charge in [-0.25, -0.2) is 9.59 Å². The largest absolute Gasteiger partial charge is 0.473 e. The van der Waals surface area contributed by atoms with Gasteiger partial charge in [-0.15, -0.1) is 0 Å². The van der Waals surface area contributed by atoms with Crippen molar-refractivity contribution in [2.45, 2.75) is 38.6 Å². The Morgan fingerprint density at radius 3 is 2.16 bits per heavy atom. The average molecular weight is 427 g/mol. The second-order valence-corrected chi connectivity index (χ2v) is 8.39. The van der Waals surface area contributed by atoms with Crippen LogP contribution in [0.4, 0.5) is 0 Å². The highest BCUT2D eigenvalue weighted by Gasteiger charge is 2.29. The highest BCUT2D eigenvalue weighted by atomic mass is 16.4. The predicted octanol–water partition coefficient (Wildman–Crippen LogP) is 3.33. The Hall–Kier alpha value is -2.93. The molecule has 0 aromatic heterocycles. The van der Waals surface area contributed by atoms with E-state index < -0.39 is 11.9 Å². The number of carbonyl (C=O) groups is 3. The number of aliphatic carboxylic acids is 2. The van der Waals surface area contributed by atoms with Crippen LogP contribution in [0, 0.1) is 5.92 Å². The fourth-order valence-corrected chi connectivity index (χ4v) is 4.61. The molecule has 2 unspecified atom stereocenters. The molecule has 2 N–H and O–H groups in total. The highest BCUT2D eigenvalue weighted by molar-refractivity contribution is 6.27. The molecule has 31 heavy (non-hydrogen) atoms. The molecule has 1 saturated carbocycles. The van der Waals surface area contributed by atoms with Crippen LogP contribution in [-0.2, 0) is 9.59 Å². The smallest absolute Gasteiger partial charge is 0.414 e. The van der Waals surface area contributed by atoms with E-state index in [0.717, 1.165) is 54.5 Å². The van der Waals surface area contributed by atoms with E-state index in [0.29, 0.717) is 0 Å². The first-order valence-electron chi connectivity index (χ1n) is 10.8. The monoisotopic (exact) mass is 426 g/mol. The number of hydrogen-bond acceptors (Lipinski definition) is 4. The maximum absolute atomic E-state index is 13.1. The molecule has 166 valence electrons. The second kappa shape index (κ2) is 10.4. The first kappa shape index (κ1) is 22.7. The van der Waals surface area contributed by atoms with Crippen molar-refractivity contribution in [3.8, 4) is 0 Å². The Labute approximate surface area is 182 Å². The van der Waals surface area contributed by atoms with E-state index in [1.165, 1.54) is 25.7 Å². The second-order valence-electron chi connectivity index (χ2n) is 8.39. The molecule has 7 nitrogen and oxygen atoms in total. The molecule has 1 saturated heterocycles. The van der Waals surface area contributed by atoms with E-state index in [9.17, 15) is 4.79 Å². The van der Waals surface area contributed by atoms with Gasteiger partial charge in [0, 0.05) is 37.8 Å². The third kappa shape index (κ3) is 5.82. The lowest BCUT2D eigenvalue weighted by molar-refractivity contribution is -0.159. The molecule has 0 spiro atoms. The van der Waals surface area contributed by atoms with Gasteiger partial charge in [0.1, 0.15) is 0 Å². The van der Waals surface area contributed by atoms with Crippen LogP contribution in [0.25, 0.3) is 10.8 Å². The van der Waals surface area contributed by atoms with E-state index in [1.54, 1.807) is 0 Å². The fraction of sp³-hybridized carbons (Fsp3) is 0.458. The maximum Gasteiger partial charge on any atom is 0.414 e. The summed E-state index contributed by atoms with van der Waals surface area (Å²) in [4.78, 5) is 35.9.